The first-order valence-electron chi connectivity index (χ1n) is 18.6. The van der Waals surface area contributed by atoms with Crippen LogP contribution in [0.1, 0.15) is 87.1 Å². The van der Waals surface area contributed by atoms with Gasteiger partial charge in [-0.2, -0.15) is 0 Å². The van der Waals surface area contributed by atoms with Crippen molar-refractivity contribution in [2.75, 3.05) is 20.7 Å². The summed E-state index contributed by atoms with van der Waals surface area (Å²) in [6.07, 6.45) is -7.53. The summed E-state index contributed by atoms with van der Waals surface area (Å²) in [7, 11) is 3.35. The van der Waals surface area contributed by atoms with Crippen molar-refractivity contribution in [2.24, 2.45) is 23.7 Å². The molecule has 1 aromatic rings. The molecule has 2 aliphatic heterocycles. The minimum Gasteiger partial charge on any atom is -0.461 e. The summed E-state index contributed by atoms with van der Waals surface area (Å²) in [4.78, 5) is 43.5. The fourth-order valence-corrected chi connectivity index (χ4v) is 7.93. The number of esters is 2. The number of ether oxygens (including phenoxy) is 5. The highest BCUT2D eigenvalue weighted by atomic mass is 19.1. The van der Waals surface area contributed by atoms with E-state index in [1.165, 1.54) is 46.1 Å². The van der Waals surface area contributed by atoms with Gasteiger partial charge in [0.05, 0.1) is 36.3 Å². The van der Waals surface area contributed by atoms with Gasteiger partial charge in [-0.3, -0.25) is 14.4 Å². The maximum Gasteiger partial charge on any atom is 0.312 e. The zero-order valence-electron chi connectivity index (χ0n) is 32.7. The molecule has 14 atom stereocenters. The summed E-state index contributed by atoms with van der Waals surface area (Å²) in [5, 5.41) is 34.5. The van der Waals surface area contributed by atoms with Gasteiger partial charge in [-0.05, 0) is 72.2 Å². The number of carbonyl (C=O) groups excluding carboxylic acids is 3. The molecule has 52 heavy (non-hydrogen) atoms. The Kier molecular flexibility index (Phi) is 15.4. The third kappa shape index (κ3) is 9.77. The Labute approximate surface area is 308 Å². The van der Waals surface area contributed by atoms with E-state index in [9.17, 15) is 34.1 Å². The predicted molar refractivity (Wildman–Crippen MR) is 190 cm³/mol. The number of Topliss-reactive ketones (excluding diaryl/α,β-unsaturated/α-hetero) is 1. The molecule has 1 aromatic carbocycles. The van der Waals surface area contributed by atoms with E-state index >= 15 is 0 Å². The van der Waals surface area contributed by atoms with Crippen molar-refractivity contribution < 1.29 is 57.8 Å². The van der Waals surface area contributed by atoms with Gasteiger partial charge >= 0.3 is 11.9 Å². The summed E-state index contributed by atoms with van der Waals surface area (Å²) in [6, 6.07) is 5.48. The van der Waals surface area contributed by atoms with Gasteiger partial charge < -0.3 is 43.9 Å². The lowest BCUT2D eigenvalue weighted by Crippen LogP contribution is -2.61. The van der Waals surface area contributed by atoms with Crippen LogP contribution in [0, 0.1) is 29.5 Å². The smallest absolute Gasteiger partial charge is 0.312 e. The number of likely N-dealkylation sites (N-methyl/N-ethyl adjacent to an activating group) is 1. The first-order chi connectivity index (χ1) is 24.2. The molecule has 2 saturated heterocycles. The molecule has 0 aliphatic carbocycles. The Hall–Kier alpha value is -2.52. The molecule has 3 rings (SSSR count). The van der Waals surface area contributed by atoms with E-state index in [2.05, 4.69) is 0 Å². The van der Waals surface area contributed by atoms with Gasteiger partial charge in [0.2, 0.25) is 0 Å². The van der Waals surface area contributed by atoms with E-state index in [-0.39, 0.29) is 36.3 Å². The summed E-state index contributed by atoms with van der Waals surface area (Å²) in [5.41, 5.74) is -3.26. The van der Waals surface area contributed by atoms with Crippen molar-refractivity contribution in [1.29, 1.82) is 0 Å². The monoisotopic (exact) mass is 739 g/mol. The lowest BCUT2D eigenvalue weighted by molar-refractivity contribution is -0.302. The third-order valence-corrected chi connectivity index (χ3v) is 11.4. The maximum absolute atomic E-state index is 14.6. The molecule has 13 heteroatoms. The van der Waals surface area contributed by atoms with Gasteiger partial charge in [-0.1, -0.05) is 52.8 Å². The number of rotatable bonds is 9. The highest BCUT2D eigenvalue weighted by Crippen LogP contribution is 2.40. The van der Waals surface area contributed by atoms with Crippen LogP contribution in [0.3, 0.4) is 0 Å². The molecule has 2 heterocycles. The number of methoxy groups -OCH3 is 1. The molecule has 0 saturated carbocycles. The van der Waals surface area contributed by atoms with E-state index in [0.717, 1.165) is 0 Å². The Morgan fingerprint density at radius 1 is 1.06 bits per heavy atom. The second kappa shape index (κ2) is 18.2. The molecule has 0 unspecified atom stereocenters. The van der Waals surface area contributed by atoms with Crippen LogP contribution in [0.15, 0.2) is 24.3 Å². The van der Waals surface area contributed by atoms with Crippen molar-refractivity contribution in [3.05, 3.63) is 35.6 Å². The molecule has 0 radical (unpaired) electrons. The minimum atomic E-state index is -2.02. The van der Waals surface area contributed by atoms with Gasteiger partial charge in [-0.15, -0.1) is 0 Å². The number of halogens is 1. The quantitative estimate of drug-likeness (QED) is 0.315. The Bertz CT molecular complexity index is 1360. The highest BCUT2D eigenvalue weighted by Gasteiger charge is 2.53. The topological polar surface area (TPSA) is 161 Å². The van der Waals surface area contributed by atoms with Crippen LogP contribution in [-0.4, -0.2) is 119 Å². The Morgan fingerprint density at radius 2 is 1.69 bits per heavy atom. The van der Waals surface area contributed by atoms with Crippen molar-refractivity contribution in [3.63, 3.8) is 0 Å². The standard InChI is InChI=1S/C39H62FNO11/c1-12-29-39(9,47)34(45)23(5)31(43)21(3)20-38(8,48-11)35(52-37-32(44)28(41(10)13-2)18-22(4)49-37)24(6)33(25(7)36(46)50-29)51-30(42)19-26-16-14-15-17-27(26)40/h14-17,21-25,28-29,32-35,37,44-45,47H,12-13,18-20H2,1-11H3/t21-,22-,23+,24+,25-,28+,29-,32-,33+,34-,35-,37+,38-,39-/m1/s1. The van der Waals surface area contributed by atoms with Crippen LogP contribution in [-0.2, 0) is 44.5 Å². The molecule has 0 amide bonds. The molecule has 0 bridgehead atoms. The molecular formula is C39H62FNO11. The minimum absolute atomic E-state index is 0.0408. The predicted octanol–water partition coefficient (Wildman–Crippen LogP) is 3.84. The summed E-state index contributed by atoms with van der Waals surface area (Å²) >= 11 is 0. The lowest BCUT2D eigenvalue weighted by Gasteiger charge is -2.48. The van der Waals surface area contributed by atoms with Gasteiger partial charge in [0.15, 0.2) is 6.29 Å². The summed E-state index contributed by atoms with van der Waals surface area (Å²) in [6.45, 7) is 15.7. The molecule has 12 nitrogen and oxygen atoms in total. The second-order valence-corrected chi connectivity index (χ2v) is 15.4. The van der Waals surface area contributed by atoms with Crippen molar-refractivity contribution in [3.8, 4) is 0 Å². The van der Waals surface area contributed by atoms with Crippen molar-refractivity contribution >= 4 is 17.7 Å². The molecule has 3 N–H and O–H groups in total. The highest BCUT2D eigenvalue weighted by molar-refractivity contribution is 5.83. The van der Waals surface area contributed by atoms with Crippen LogP contribution in [0.2, 0.25) is 0 Å². The number of ketones is 1. The first kappa shape index (κ1) is 43.9. The molecule has 0 spiro atoms. The van der Waals surface area contributed by atoms with Crippen LogP contribution in [0.4, 0.5) is 4.39 Å². The van der Waals surface area contributed by atoms with E-state index in [4.69, 9.17) is 23.7 Å². The van der Waals surface area contributed by atoms with Gasteiger partial charge in [0, 0.05) is 30.9 Å². The lowest BCUT2D eigenvalue weighted by atomic mass is 9.74. The van der Waals surface area contributed by atoms with Gasteiger partial charge in [-0.25, -0.2) is 4.39 Å². The van der Waals surface area contributed by atoms with Gasteiger partial charge in [0.1, 0.15) is 35.5 Å². The number of aliphatic hydroxyl groups excluding tert-OH is 2. The zero-order valence-corrected chi connectivity index (χ0v) is 32.7. The third-order valence-electron chi connectivity index (χ3n) is 11.4. The van der Waals surface area contributed by atoms with Crippen LogP contribution in [0.5, 0.6) is 0 Å². The van der Waals surface area contributed by atoms with E-state index in [1.807, 2.05) is 25.8 Å². The Morgan fingerprint density at radius 3 is 2.27 bits per heavy atom. The largest absolute Gasteiger partial charge is 0.461 e. The zero-order chi connectivity index (χ0) is 39.3. The van der Waals surface area contributed by atoms with E-state index in [1.54, 1.807) is 33.8 Å². The molecule has 2 aliphatic rings. The number of nitrogens with zero attached hydrogens (tertiary/aromatic N) is 1. The molecule has 2 fully saturated rings. The van der Waals surface area contributed by atoms with Crippen LogP contribution >= 0.6 is 0 Å². The summed E-state index contributed by atoms with van der Waals surface area (Å²) in [5.74, 6) is -6.49. The number of hydrogen-bond donors (Lipinski definition) is 3. The van der Waals surface area contributed by atoms with E-state index in [0.29, 0.717) is 13.0 Å². The molecule has 296 valence electrons. The van der Waals surface area contributed by atoms with E-state index < -0.39 is 95.9 Å². The number of benzene rings is 1. The maximum atomic E-state index is 14.6. The first-order valence-corrected chi connectivity index (χ1v) is 18.6. The molecular weight excluding hydrogens is 677 g/mol. The SMILES string of the molecule is CC[C@H]1OC(=O)[C@H](C)[C@@H](OC(=O)Cc2ccccc2F)[C@H](C)[C@@H](O[C@@H]2O[C@H](C)C[C@H](N(C)CC)[C@H]2O)[C@](C)(OC)C[C@@H](C)C(=O)[C@H](C)[C@@H](O)[C@]1(C)O. The van der Waals surface area contributed by atoms with Crippen LogP contribution < -0.4 is 0 Å². The molecule has 0 aromatic heterocycles. The number of hydrogen-bond acceptors (Lipinski definition) is 12. The van der Waals surface area contributed by atoms with Gasteiger partial charge in [0.25, 0.3) is 0 Å². The van der Waals surface area contributed by atoms with Crippen molar-refractivity contribution in [2.45, 2.75) is 148 Å². The Balaban J connectivity index is 2.20. The fraction of sp³-hybridized carbons (Fsp3) is 0.769. The normalized spacial score (nSPS) is 39.8. The van der Waals surface area contributed by atoms with Crippen LogP contribution in [0.25, 0.3) is 0 Å². The number of carbonyl (C=O) groups is 3. The van der Waals surface area contributed by atoms with Crippen molar-refractivity contribution in [1.82, 2.24) is 4.90 Å². The number of aliphatic hydroxyl groups is 3. The fourth-order valence-electron chi connectivity index (χ4n) is 7.93. The average molecular weight is 740 g/mol. The average Bonchev–Trinajstić information content (AvgIpc) is 3.11. The second-order valence-electron chi connectivity index (χ2n) is 15.4. The number of cyclic esters (lactones) is 1. The summed E-state index contributed by atoms with van der Waals surface area (Å²) < 4.78 is 45.6.